The number of halogens is 1. The maximum atomic E-state index is 9.00. The summed E-state index contributed by atoms with van der Waals surface area (Å²) in [5.41, 5.74) is 3.52. The largest absolute Gasteiger partial charge is 0.349 e. The van der Waals surface area contributed by atoms with E-state index in [9.17, 15) is 0 Å². The molecule has 0 unspecified atom stereocenters. The first-order valence-corrected chi connectivity index (χ1v) is 7.84. The van der Waals surface area contributed by atoms with Crippen LogP contribution in [-0.4, -0.2) is 21.7 Å². The number of nitriles is 1. The first kappa shape index (κ1) is 13.5. The lowest BCUT2D eigenvalue weighted by molar-refractivity contribution is 0.705. The van der Waals surface area contributed by atoms with Gasteiger partial charge in [-0.25, -0.2) is 4.98 Å². The molecule has 0 radical (unpaired) electrons. The molecule has 5 nitrogen and oxygen atoms in total. The van der Waals surface area contributed by atoms with E-state index in [2.05, 4.69) is 42.1 Å². The standard InChI is InChI=1S/C13H12BrN5S/c1-7-8(2)12(18-17-10(7)5-15)19-4-3-9-11(6-19)20-13(14)16-9/h3-4,6H2,1-2H3. The zero-order valence-electron chi connectivity index (χ0n) is 11.1. The van der Waals surface area contributed by atoms with Crippen molar-refractivity contribution in [2.24, 2.45) is 0 Å². The number of hydrogen-bond acceptors (Lipinski definition) is 6. The molecule has 0 saturated heterocycles. The van der Waals surface area contributed by atoms with Gasteiger partial charge in [0.15, 0.2) is 15.4 Å². The average molecular weight is 350 g/mol. The van der Waals surface area contributed by atoms with Crippen LogP contribution >= 0.6 is 27.3 Å². The van der Waals surface area contributed by atoms with Gasteiger partial charge >= 0.3 is 0 Å². The molecule has 0 N–H and O–H groups in total. The van der Waals surface area contributed by atoms with Gasteiger partial charge in [-0.1, -0.05) is 0 Å². The van der Waals surface area contributed by atoms with Gasteiger partial charge in [0.2, 0.25) is 0 Å². The molecule has 1 aliphatic heterocycles. The van der Waals surface area contributed by atoms with E-state index in [1.807, 2.05) is 13.8 Å². The van der Waals surface area contributed by atoms with Crippen LogP contribution in [0.2, 0.25) is 0 Å². The van der Waals surface area contributed by atoms with E-state index in [0.29, 0.717) is 5.69 Å². The Balaban J connectivity index is 1.96. The van der Waals surface area contributed by atoms with Crippen LogP contribution < -0.4 is 4.90 Å². The second-order valence-corrected chi connectivity index (χ2v) is 7.10. The number of fused-ring (bicyclic) bond motifs is 1. The van der Waals surface area contributed by atoms with Gasteiger partial charge in [0.05, 0.1) is 12.2 Å². The molecule has 1 aliphatic rings. The van der Waals surface area contributed by atoms with Crippen LogP contribution in [0.15, 0.2) is 3.92 Å². The molecule has 0 aliphatic carbocycles. The monoisotopic (exact) mass is 349 g/mol. The second-order valence-electron chi connectivity index (χ2n) is 4.74. The van der Waals surface area contributed by atoms with Crippen molar-refractivity contribution in [3.05, 3.63) is 31.3 Å². The van der Waals surface area contributed by atoms with Crippen molar-refractivity contribution in [3.63, 3.8) is 0 Å². The molecule has 0 spiro atoms. The van der Waals surface area contributed by atoms with Crippen molar-refractivity contribution in [1.82, 2.24) is 15.2 Å². The Morgan fingerprint density at radius 1 is 1.30 bits per heavy atom. The van der Waals surface area contributed by atoms with Gasteiger partial charge in [-0.3, -0.25) is 0 Å². The molecule has 102 valence electrons. The first-order chi connectivity index (χ1) is 9.60. The zero-order valence-corrected chi connectivity index (χ0v) is 13.5. The van der Waals surface area contributed by atoms with Gasteiger partial charge in [0.1, 0.15) is 6.07 Å². The molecule has 0 bridgehead atoms. The summed E-state index contributed by atoms with van der Waals surface area (Å²) in [6, 6.07) is 2.08. The lowest BCUT2D eigenvalue weighted by atomic mass is 10.1. The minimum atomic E-state index is 0.407. The van der Waals surface area contributed by atoms with E-state index in [1.54, 1.807) is 11.3 Å². The highest BCUT2D eigenvalue weighted by Gasteiger charge is 2.23. The molecule has 7 heteroatoms. The van der Waals surface area contributed by atoms with E-state index in [1.165, 1.54) is 10.6 Å². The third kappa shape index (κ3) is 2.19. The predicted octanol–water partition coefficient (Wildman–Crippen LogP) is 2.75. The normalized spacial score (nSPS) is 14.0. The Morgan fingerprint density at radius 2 is 2.10 bits per heavy atom. The average Bonchev–Trinajstić information content (AvgIpc) is 2.81. The van der Waals surface area contributed by atoms with Gasteiger partial charge in [0.25, 0.3) is 0 Å². The molecule has 2 aromatic heterocycles. The minimum absolute atomic E-state index is 0.407. The Labute approximate surface area is 129 Å². The summed E-state index contributed by atoms with van der Waals surface area (Å²) in [5.74, 6) is 0.872. The van der Waals surface area contributed by atoms with Gasteiger partial charge in [-0.05, 0) is 40.9 Å². The molecule has 0 aromatic carbocycles. The van der Waals surface area contributed by atoms with E-state index in [4.69, 9.17) is 5.26 Å². The number of thiazole rings is 1. The highest BCUT2D eigenvalue weighted by molar-refractivity contribution is 9.11. The lowest BCUT2D eigenvalue weighted by Crippen LogP contribution is -2.31. The second kappa shape index (κ2) is 5.11. The molecule has 0 fully saturated rings. The molecule has 3 heterocycles. The number of rotatable bonds is 1. The molecule has 0 amide bonds. The van der Waals surface area contributed by atoms with Crippen LogP contribution in [0, 0.1) is 25.2 Å². The maximum Gasteiger partial charge on any atom is 0.166 e. The topological polar surface area (TPSA) is 65.7 Å². The highest BCUT2D eigenvalue weighted by Crippen LogP contribution is 2.31. The fraction of sp³-hybridized carbons (Fsp3) is 0.385. The molecular weight excluding hydrogens is 338 g/mol. The maximum absolute atomic E-state index is 9.00. The van der Waals surface area contributed by atoms with Crippen LogP contribution in [-0.2, 0) is 13.0 Å². The van der Waals surface area contributed by atoms with Crippen molar-refractivity contribution in [2.45, 2.75) is 26.8 Å². The van der Waals surface area contributed by atoms with E-state index >= 15 is 0 Å². The quantitative estimate of drug-likeness (QED) is 0.791. The van der Waals surface area contributed by atoms with Gasteiger partial charge < -0.3 is 4.90 Å². The van der Waals surface area contributed by atoms with Crippen molar-refractivity contribution >= 4 is 33.1 Å². The Bertz CT molecular complexity index is 718. The van der Waals surface area contributed by atoms with Crippen LogP contribution in [0.25, 0.3) is 0 Å². The molecular formula is C13H12BrN5S. The number of anilines is 1. The molecule has 0 saturated carbocycles. The number of nitrogens with zero attached hydrogens (tertiary/aromatic N) is 5. The summed E-state index contributed by atoms with van der Waals surface area (Å²) in [5, 5.41) is 17.3. The predicted molar refractivity (Wildman–Crippen MR) is 80.8 cm³/mol. The van der Waals surface area contributed by atoms with Gasteiger partial charge in [0, 0.05) is 17.8 Å². The molecule has 2 aromatic rings. The molecule has 3 rings (SSSR count). The van der Waals surface area contributed by atoms with Gasteiger partial charge in [-0.2, -0.15) is 5.26 Å². The molecule has 20 heavy (non-hydrogen) atoms. The fourth-order valence-corrected chi connectivity index (χ4v) is 3.99. The number of hydrogen-bond donors (Lipinski definition) is 0. The SMILES string of the molecule is Cc1c(C#N)nnc(N2CCc3nc(Br)sc3C2)c1C. The van der Waals surface area contributed by atoms with Crippen molar-refractivity contribution in [2.75, 3.05) is 11.4 Å². The Morgan fingerprint density at radius 3 is 2.85 bits per heavy atom. The van der Waals surface area contributed by atoms with E-state index in [-0.39, 0.29) is 0 Å². The van der Waals surface area contributed by atoms with Crippen molar-refractivity contribution in [1.29, 1.82) is 5.26 Å². The lowest BCUT2D eigenvalue weighted by Gasteiger charge is -2.28. The molecule has 0 atom stereocenters. The van der Waals surface area contributed by atoms with Crippen LogP contribution in [0.1, 0.15) is 27.4 Å². The minimum Gasteiger partial charge on any atom is -0.349 e. The van der Waals surface area contributed by atoms with Gasteiger partial charge in [-0.15, -0.1) is 21.5 Å². The van der Waals surface area contributed by atoms with Crippen LogP contribution in [0.4, 0.5) is 5.82 Å². The summed E-state index contributed by atoms with van der Waals surface area (Å²) in [7, 11) is 0. The summed E-state index contributed by atoms with van der Waals surface area (Å²) >= 11 is 5.11. The van der Waals surface area contributed by atoms with Crippen LogP contribution in [0.5, 0.6) is 0 Å². The third-order valence-electron chi connectivity index (χ3n) is 3.61. The fourth-order valence-electron chi connectivity index (χ4n) is 2.34. The number of aromatic nitrogens is 3. The van der Waals surface area contributed by atoms with E-state index in [0.717, 1.165) is 40.4 Å². The zero-order chi connectivity index (χ0) is 14.3. The summed E-state index contributed by atoms with van der Waals surface area (Å²) in [6.07, 6.45) is 0.914. The highest BCUT2D eigenvalue weighted by atomic mass is 79.9. The summed E-state index contributed by atoms with van der Waals surface area (Å²) < 4.78 is 0.933. The summed E-state index contributed by atoms with van der Waals surface area (Å²) in [6.45, 7) is 5.60. The van der Waals surface area contributed by atoms with Crippen molar-refractivity contribution in [3.8, 4) is 6.07 Å². The Hall–Kier alpha value is -1.52. The first-order valence-electron chi connectivity index (χ1n) is 6.23. The van der Waals surface area contributed by atoms with Crippen LogP contribution in [0.3, 0.4) is 0 Å². The Kier molecular flexibility index (Phi) is 3.44. The van der Waals surface area contributed by atoms with Crippen molar-refractivity contribution < 1.29 is 0 Å². The summed E-state index contributed by atoms with van der Waals surface area (Å²) in [4.78, 5) is 7.96. The third-order valence-corrected chi connectivity index (χ3v) is 5.14. The van der Waals surface area contributed by atoms with E-state index < -0.39 is 0 Å². The smallest absolute Gasteiger partial charge is 0.166 e.